The van der Waals surface area contributed by atoms with Crippen molar-refractivity contribution in [2.75, 3.05) is 24.5 Å². The smallest absolute Gasteiger partial charge is 0.338 e. The quantitative estimate of drug-likeness (QED) is 0.373. The first kappa shape index (κ1) is 26.0. The van der Waals surface area contributed by atoms with Gasteiger partial charge in [-0.05, 0) is 26.2 Å². The van der Waals surface area contributed by atoms with Gasteiger partial charge in [0, 0.05) is 37.8 Å². The fraction of sp³-hybridized carbons (Fsp3) is 0.462. The predicted octanol–water partition coefficient (Wildman–Crippen LogP) is 2.57. The van der Waals surface area contributed by atoms with E-state index in [2.05, 4.69) is 10.3 Å². The summed E-state index contributed by atoms with van der Waals surface area (Å²) in [6.07, 6.45) is -2.02. The third-order valence-electron chi connectivity index (χ3n) is 7.21. The van der Waals surface area contributed by atoms with Gasteiger partial charge in [0.25, 0.3) is 5.56 Å². The van der Waals surface area contributed by atoms with E-state index in [4.69, 9.17) is 0 Å². The number of imidazole rings is 1. The molecule has 2 aromatic heterocycles. The van der Waals surface area contributed by atoms with Crippen LogP contribution in [-0.2, 0) is 19.6 Å². The molecule has 4 heterocycles. The number of carbonyl (C=O) groups is 1. The number of benzene rings is 1. The second-order valence-corrected chi connectivity index (χ2v) is 10.1. The van der Waals surface area contributed by atoms with Gasteiger partial charge in [-0.3, -0.25) is 18.7 Å². The number of aromatic nitrogens is 4. The average molecular weight is 531 g/mol. The number of nitrogens with zero attached hydrogens (tertiary/aromatic N) is 5. The number of halogens is 3. The van der Waals surface area contributed by atoms with Crippen LogP contribution in [0.15, 0.2) is 51.6 Å². The van der Waals surface area contributed by atoms with E-state index in [0.29, 0.717) is 34.1 Å². The van der Waals surface area contributed by atoms with Crippen LogP contribution in [0.2, 0.25) is 0 Å². The van der Waals surface area contributed by atoms with Crippen LogP contribution in [0.4, 0.5) is 19.1 Å². The Bertz CT molecular complexity index is 1520. The average Bonchev–Trinajstić information content (AvgIpc) is 3.57. The van der Waals surface area contributed by atoms with Crippen molar-refractivity contribution in [2.24, 2.45) is 5.92 Å². The zero-order valence-corrected chi connectivity index (χ0v) is 21.2. The summed E-state index contributed by atoms with van der Waals surface area (Å²) in [5.74, 6) is 0.162. The molecule has 12 heteroatoms. The van der Waals surface area contributed by atoms with Gasteiger partial charge in [-0.25, -0.2) is 4.79 Å². The first-order valence-electron chi connectivity index (χ1n) is 12.5. The van der Waals surface area contributed by atoms with Crippen molar-refractivity contribution >= 4 is 22.9 Å². The lowest BCUT2D eigenvalue weighted by atomic mass is 10.1. The Hall–Kier alpha value is -3.67. The van der Waals surface area contributed by atoms with Gasteiger partial charge >= 0.3 is 11.9 Å². The molecule has 38 heavy (non-hydrogen) atoms. The number of allylic oxidation sites excluding steroid dienone is 2. The highest BCUT2D eigenvalue weighted by Gasteiger charge is 2.40. The normalized spacial score (nSPS) is 19.2. The molecule has 9 nitrogen and oxygen atoms in total. The van der Waals surface area contributed by atoms with E-state index in [9.17, 15) is 27.6 Å². The minimum atomic E-state index is -4.75. The molecule has 2 fully saturated rings. The summed E-state index contributed by atoms with van der Waals surface area (Å²) in [6.45, 7) is 3.79. The first-order valence-corrected chi connectivity index (χ1v) is 12.5. The number of Topliss-reactive ketones (excluding diaryl/α,β-unsaturated/α-hetero) is 1. The molecule has 2 unspecified atom stereocenters. The van der Waals surface area contributed by atoms with Crippen molar-refractivity contribution in [3.63, 3.8) is 0 Å². The summed E-state index contributed by atoms with van der Waals surface area (Å²) < 4.78 is 43.7. The second kappa shape index (κ2) is 9.90. The number of hydrogen-bond acceptors (Lipinski definition) is 6. The monoisotopic (exact) mass is 530 g/mol. The molecule has 0 saturated carbocycles. The van der Waals surface area contributed by atoms with Gasteiger partial charge in [-0.15, -0.1) is 0 Å². The summed E-state index contributed by atoms with van der Waals surface area (Å²) in [5, 5.41) is 3.34. The number of alkyl halides is 3. The molecular weight excluding hydrogens is 501 g/mol. The summed E-state index contributed by atoms with van der Waals surface area (Å²) in [6, 6.07) is 8.10. The molecular formula is C26H29F3N6O3. The zero-order valence-electron chi connectivity index (χ0n) is 21.2. The Morgan fingerprint density at radius 3 is 2.53 bits per heavy atom. The lowest BCUT2D eigenvalue weighted by molar-refractivity contribution is -0.140. The molecule has 1 N–H and O–H groups in total. The standard InChI is InChI=1S/C26H29F3N6O3/c1-16(2)8-10-33-21-22(31-24(33)32-11-9-18-12-30-13-19(18)32)35(15-26(27,28)29)25(38)34(23(21)37)14-20(36)17-6-4-3-5-7-17/h3-8,18-19,30H,9-15H2,1-2H3. The second-order valence-electron chi connectivity index (χ2n) is 10.1. The Morgan fingerprint density at radius 1 is 1.11 bits per heavy atom. The van der Waals surface area contributed by atoms with Crippen molar-refractivity contribution in [3.05, 3.63) is 68.4 Å². The molecule has 0 aliphatic carbocycles. The highest BCUT2D eigenvalue weighted by atomic mass is 19.4. The van der Waals surface area contributed by atoms with E-state index in [-0.39, 0.29) is 29.3 Å². The van der Waals surface area contributed by atoms with Gasteiger partial charge in [-0.2, -0.15) is 18.2 Å². The van der Waals surface area contributed by atoms with Crippen molar-refractivity contribution < 1.29 is 18.0 Å². The molecule has 1 aromatic carbocycles. The van der Waals surface area contributed by atoms with E-state index in [1.807, 2.05) is 24.8 Å². The first-order chi connectivity index (χ1) is 18.0. The number of rotatable bonds is 7. The topological polar surface area (TPSA) is 94.2 Å². The van der Waals surface area contributed by atoms with Crippen molar-refractivity contribution in [1.82, 2.24) is 24.0 Å². The maximum atomic E-state index is 13.8. The van der Waals surface area contributed by atoms with E-state index < -0.39 is 36.3 Å². The van der Waals surface area contributed by atoms with E-state index in [1.165, 1.54) is 12.1 Å². The fourth-order valence-corrected chi connectivity index (χ4v) is 5.36. The van der Waals surface area contributed by atoms with E-state index >= 15 is 0 Å². The SMILES string of the molecule is CC(C)=CCn1c(N2CCC3CNCC32)nc2c1c(=O)n(CC(=O)c1ccccc1)c(=O)n2CC(F)(F)F. The van der Waals surface area contributed by atoms with Crippen LogP contribution in [0.3, 0.4) is 0 Å². The van der Waals surface area contributed by atoms with Crippen LogP contribution in [0.25, 0.3) is 11.2 Å². The third-order valence-corrected chi connectivity index (χ3v) is 7.21. The molecule has 202 valence electrons. The minimum absolute atomic E-state index is 0.0851. The number of ketones is 1. The molecule has 0 spiro atoms. The summed E-state index contributed by atoms with van der Waals surface area (Å²) >= 11 is 0. The molecule has 2 aliphatic rings. The molecule has 2 saturated heterocycles. The number of nitrogens with one attached hydrogen (secondary N) is 1. The Kier molecular flexibility index (Phi) is 6.76. The zero-order chi connectivity index (χ0) is 27.2. The van der Waals surface area contributed by atoms with Crippen LogP contribution in [-0.4, -0.2) is 56.3 Å². The number of carbonyl (C=O) groups excluding carboxylic acids is 1. The van der Waals surface area contributed by atoms with Gasteiger partial charge in [-0.1, -0.05) is 42.0 Å². The number of hydrogen-bond donors (Lipinski definition) is 1. The lowest BCUT2D eigenvalue weighted by Crippen LogP contribution is -2.44. The number of fused-ring (bicyclic) bond motifs is 2. The fourth-order valence-electron chi connectivity index (χ4n) is 5.36. The van der Waals surface area contributed by atoms with Crippen molar-refractivity contribution in [3.8, 4) is 0 Å². The molecule has 2 atom stereocenters. The number of anilines is 1. The Labute approximate surface area is 216 Å². The van der Waals surface area contributed by atoms with E-state index in [1.54, 1.807) is 22.8 Å². The third kappa shape index (κ3) is 4.80. The van der Waals surface area contributed by atoms with Crippen molar-refractivity contribution in [2.45, 2.75) is 52.1 Å². The summed E-state index contributed by atoms with van der Waals surface area (Å²) in [4.78, 5) is 46.5. The van der Waals surface area contributed by atoms with Gasteiger partial charge < -0.3 is 14.8 Å². The van der Waals surface area contributed by atoms with Gasteiger partial charge in [0.15, 0.2) is 16.9 Å². The van der Waals surface area contributed by atoms with E-state index in [0.717, 1.165) is 18.5 Å². The summed E-state index contributed by atoms with van der Waals surface area (Å²) in [7, 11) is 0. The highest BCUT2D eigenvalue weighted by Crippen LogP contribution is 2.33. The van der Waals surface area contributed by atoms with Gasteiger partial charge in [0.05, 0.1) is 6.54 Å². The summed E-state index contributed by atoms with van der Waals surface area (Å²) in [5.41, 5.74) is -1.32. The molecule has 2 aliphatic heterocycles. The predicted molar refractivity (Wildman–Crippen MR) is 137 cm³/mol. The van der Waals surface area contributed by atoms with Gasteiger partial charge in [0.2, 0.25) is 5.95 Å². The van der Waals surface area contributed by atoms with Crippen LogP contribution in [0, 0.1) is 5.92 Å². The van der Waals surface area contributed by atoms with Crippen molar-refractivity contribution in [1.29, 1.82) is 0 Å². The Morgan fingerprint density at radius 2 is 1.84 bits per heavy atom. The molecule has 5 rings (SSSR count). The van der Waals surface area contributed by atoms with Crippen LogP contribution >= 0.6 is 0 Å². The van der Waals surface area contributed by atoms with Crippen LogP contribution < -0.4 is 21.5 Å². The molecule has 0 bridgehead atoms. The molecule has 0 radical (unpaired) electrons. The molecule has 3 aromatic rings. The lowest BCUT2D eigenvalue weighted by Gasteiger charge is -2.25. The largest absolute Gasteiger partial charge is 0.406 e. The van der Waals surface area contributed by atoms with Gasteiger partial charge in [0.1, 0.15) is 6.54 Å². The maximum Gasteiger partial charge on any atom is 0.406 e. The highest BCUT2D eigenvalue weighted by molar-refractivity contribution is 5.96. The Balaban J connectivity index is 1.74. The molecule has 0 amide bonds. The van der Waals surface area contributed by atoms with Crippen LogP contribution in [0.5, 0.6) is 0 Å². The van der Waals surface area contributed by atoms with Crippen LogP contribution in [0.1, 0.15) is 30.6 Å². The minimum Gasteiger partial charge on any atom is -0.338 e. The maximum absolute atomic E-state index is 13.8.